The minimum absolute atomic E-state index is 0.174. The third-order valence-electron chi connectivity index (χ3n) is 4.76. The number of aliphatic hydroxyl groups is 1. The van der Waals surface area contributed by atoms with E-state index in [1.165, 1.54) is 23.5 Å². The lowest BCUT2D eigenvalue weighted by Crippen LogP contribution is -2.43. The second-order valence-electron chi connectivity index (χ2n) is 6.47. The van der Waals surface area contributed by atoms with E-state index >= 15 is 0 Å². The van der Waals surface area contributed by atoms with Crippen LogP contribution < -0.4 is 5.32 Å². The Balaban J connectivity index is 1.46. The van der Waals surface area contributed by atoms with Crippen molar-refractivity contribution in [3.8, 4) is 5.82 Å². The Morgan fingerprint density at radius 1 is 1.27 bits per heavy atom. The standard InChI is InChI=1S/C19H19N5O2/c25-18(15-7-8-17(21-10-15)24-13-20-12-23-24)22-11-19(26)9-3-5-14-4-1-2-6-16(14)19/h1-2,4,6-8,10,12-13,26H,3,5,9,11H2,(H,22,25). The van der Waals surface area contributed by atoms with E-state index in [4.69, 9.17) is 0 Å². The second kappa shape index (κ2) is 6.68. The normalized spacial score (nSPS) is 19.0. The molecule has 7 heteroatoms. The number of nitrogens with one attached hydrogen (secondary N) is 1. The molecule has 0 saturated heterocycles. The minimum Gasteiger partial charge on any atom is -0.383 e. The van der Waals surface area contributed by atoms with Crippen LogP contribution in [0.1, 0.15) is 34.3 Å². The number of hydrogen-bond donors (Lipinski definition) is 2. The molecule has 1 aliphatic carbocycles. The Morgan fingerprint density at radius 3 is 2.92 bits per heavy atom. The molecular formula is C19H19N5O2. The predicted molar refractivity (Wildman–Crippen MR) is 94.8 cm³/mol. The molecule has 0 aliphatic heterocycles. The fourth-order valence-corrected chi connectivity index (χ4v) is 3.39. The molecule has 0 spiro atoms. The van der Waals surface area contributed by atoms with E-state index in [9.17, 15) is 9.90 Å². The highest BCUT2D eigenvalue weighted by molar-refractivity contribution is 5.94. The first kappa shape index (κ1) is 16.4. The molecule has 2 heterocycles. The lowest BCUT2D eigenvalue weighted by molar-refractivity contribution is 0.0189. The topological polar surface area (TPSA) is 92.9 Å². The lowest BCUT2D eigenvalue weighted by Gasteiger charge is -2.34. The average molecular weight is 349 g/mol. The first-order valence-corrected chi connectivity index (χ1v) is 8.56. The second-order valence-corrected chi connectivity index (χ2v) is 6.47. The van der Waals surface area contributed by atoms with Crippen LogP contribution in [0.3, 0.4) is 0 Å². The van der Waals surface area contributed by atoms with Crippen LogP contribution >= 0.6 is 0 Å². The number of carbonyl (C=O) groups is 1. The number of carbonyl (C=O) groups excluding carboxylic acids is 1. The number of rotatable bonds is 4. The van der Waals surface area contributed by atoms with Crippen molar-refractivity contribution in [2.24, 2.45) is 0 Å². The van der Waals surface area contributed by atoms with Crippen LogP contribution in [0.15, 0.2) is 55.2 Å². The van der Waals surface area contributed by atoms with Crippen LogP contribution in [0, 0.1) is 0 Å². The van der Waals surface area contributed by atoms with E-state index in [0.29, 0.717) is 17.8 Å². The van der Waals surface area contributed by atoms with Crippen molar-refractivity contribution in [2.75, 3.05) is 6.54 Å². The van der Waals surface area contributed by atoms with Gasteiger partial charge in [-0.05, 0) is 42.5 Å². The molecular weight excluding hydrogens is 330 g/mol. The van der Waals surface area contributed by atoms with Gasteiger partial charge in [0.1, 0.15) is 18.3 Å². The zero-order chi connectivity index (χ0) is 18.0. The first-order chi connectivity index (χ1) is 12.7. The number of aryl methyl sites for hydroxylation is 1. The summed E-state index contributed by atoms with van der Waals surface area (Å²) in [5.41, 5.74) is 1.46. The Kier molecular flexibility index (Phi) is 4.22. The Morgan fingerprint density at radius 2 is 2.15 bits per heavy atom. The molecule has 1 aliphatic rings. The maximum Gasteiger partial charge on any atom is 0.252 e. The average Bonchev–Trinajstić information content (AvgIpc) is 3.22. The van der Waals surface area contributed by atoms with Crippen molar-refractivity contribution >= 4 is 5.91 Å². The molecule has 2 aromatic heterocycles. The first-order valence-electron chi connectivity index (χ1n) is 8.56. The maximum atomic E-state index is 12.4. The number of hydrogen-bond acceptors (Lipinski definition) is 5. The Labute approximate surface area is 150 Å². The highest BCUT2D eigenvalue weighted by Gasteiger charge is 2.34. The van der Waals surface area contributed by atoms with Crippen LogP contribution in [-0.4, -0.2) is 37.3 Å². The molecule has 26 heavy (non-hydrogen) atoms. The van der Waals surface area contributed by atoms with E-state index in [-0.39, 0.29) is 12.5 Å². The van der Waals surface area contributed by atoms with Gasteiger partial charge in [0.2, 0.25) is 0 Å². The fourth-order valence-electron chi connectivity index (χ4n) is 3.39. The van der Waals surface area contributed by atoms with E-state index < -0.39 is 5.60 Å². The van der Waals surface area contributed by atoms with Gasteiger partial charge in [-0.25, -0.2) is 14.6 Å². The Hall–Kier alpha value is -3.06. The van der Waals surface area contributed by atoms with Gasteiger partial charge in [-0.3, -0.25) is 4.79 Å². The molecule has 132 valence electrons. The number of aromatic nitrogens is 4. The van der Waals surface area contributed by atoms with Crippen molar-refractivity contribution in [2.45, 2.75) is 24.9 Å². The molecule has 1 aromatic carbocycles. The molecule has 0 fully saturated rings. The number of pyridine rings is 1. The van der Waals surface area contributed by atoms with Gasteiger partial charge in [-0.1, -0.05) is 24.3 Å². The van der Waals surface area contributed by atoms with Gasteiger partial charge in [0.15, 0.2) is 5.82 Å². The third-order valence-corrected chi connectivity index (χ3v) is 4.76. The quantitative estimate of drug-likeness (QED) is 0.747. The molecule has 0 saturated carbocycles. The van der Waals surface area contributed by atoms with Crippen molar-refractivity contribution in [1.29, 1.82) is 0 Å². The highest BCUT2D eigenvalue weighted by Crippen LogP contribution is 2.34. The van der Waals surface area contributed by atoms with E-state index in [1.807, 2.05) is 24.3 Å². The summed E-state index contributed by atoms with van der Waals surface area (Å²) in [5.74, 6) is 0.318. The molecule has 7 nitrogen and oxygen atoms in total. The third kappa shape index (κ3) is 3.09. The predicted octanol–water partition coefficient (Wildman–Crippen LogP) is 1.62. The Bertz CT molecular complexity index is 908. The number of amides is 1. The van der Waals surface area contributed by atoms with Crippen molar-refractivity contribution in [1.82, 2.24) is 25.1 Å². The lowest BCUT2D eigenvalue weighted by atomic mass is 9.79. The summed E-state index contributed by atoms with van der Waals surface area (Å²) in [6.45, 7) is 0.174. The van der Waals surface area contributed by atoms with Crippen LogP contribution in [0.2, 0.25) is 0 Å². The van der Waals surface area contributed by atoms with Gasteiger partial charge in [-0.2, -0.15) is 5.10 Å². The molecule has 1 unspecified atom stereocenters. The van der Waals surface area contributed by atoms with E-state index in [2.05, 4.69) is 20.4 Å². The summed E-state index contributed by atoms with van der Waals surface area (Å²) in [5, 5.41) is 17.9. The monoisotopic (exact) mass is 349 g/mol. The minimum atomic E-state index is -1.03. The summed E-state index contributed by atoms with van der Waals surface area (Å²) in [6.07, 6.45) is 6.94. The van der Waals surface area contributed by atoms with Gasteiger partial charge in [-0.15, -0.1) is 0 Å². The summed E-state index contributed by atoms with van der Waals surface area (Å²) >= 11 is 0. The smallest absolute Gasteiger partial charge is 0.252 e. The molecule has 0 radical (unpaired) electrons. The number of benzene rings is 1. The SMILES string of the molecule is O=C(NCC1(O)CCCc2ccccc21)c1ccc(-n2cncn2)nc1. The maximum absolute atomic E-state index is 12.4. The van der Waals surface area contributed by atoms with Crippen molar-refractivity contribution in [3.63, 3.8) is 0 Å². The molecule has 0 bridgehead atoms. The van der Waals surface area contributed by atoms with Gasteiger partial charge in [0.05, 0.1) is 12.1 Å². The summed E-state index contributed by atoms with van der Waals surface area (Å²) in [6, 6.07) is 11.3. The summed E-state index contributed by atoms with van der Waals surface area (Å²) in [4.78, 5) is 20.5. The molecule has 3 aromatic rings. The fraction of sp³-hybridized carbons (Fsp3) is 0.263. The zero-order valence-corrected chi connectivity index (χ0v) is 14.2. The van der Waals surface area contributed by atoms with Crippen LogP contribution in [0.4, 0.5) is 0 Å². The molecule has 4 rings (SSSR count). The summed E-state index contributed by atoms with van der Waals surface area (Å²) < 4.78 is 1.52. The van der Waals surface area contributed by atoms with E-state index in [0.717, 1.165) is 24.0 Å². The largest absolute Gasteiger partial charge is 0.383 e. The molecule has 2 N–H and O–H groups in total. The van der Waals surface area contributed by atoms with Crippen LogP contribution in [0.5, 0.6) is 0 Å². The van der Waals surface area contributed by atoms with Gasteiger partial charge < -0.3 is 10.4 Å². The van der Waals surface area contributed by atoms with Gasteiger partial charge >= 0.3 is 0 Å². The number of nitrogens with zero attached hydrogens (tertiary/aromatic N) is 4. The van der Waals surface area contributed by atoms with Gasteiger partial charge in [0.25, 0.3) is 5.91 Å². The van der Waals surface area contributed by atoms with Crippen LogP contribution in [-0.2, 0) is 12.0 Å². The molecule has 1 amide bonds. The van der Waals surface area contributed by atoms with Crippen LogP contribution in [0.25, 0.3) is 5.82 Å². The van der Waals surface area contributed by atoms with Crippen molar-refractivity contribution in [3.05, 3.63) is 71.9 Å². The van der Waals surface area contributed by atoms with E-state index in [1.54, 1.807) is 12.1 Å². The zero-order valence-electron chi connectivity index (χ0n) is 14.2. The van der Waals surface area contributed by atoms with Crippen molar-refractivity contribution < 1.29 is 9.90 Å². The highest BCUT2D eigenvalue weighted by atomic mass is 16.3. The summed E-state index contributed by atoms with van der Waals surface area (Å²) in [7, 11) is 0. The molecule has 1 atom stereocenters. The van der Waals surface area contributed by atoms with Gasteiger partial charge in [0, 0.05) is 6.20 Å². The number of fused-ring (bicyclic) bond motifs is 1.